The summed E-state index contributed by atoms with van der Waals surface area (Å²) in [6.07, 6.45) is 65.7. The zero-order chi connectivity index (χ0) is 65.9. The largest absolute Gasteiger partial charge is 0.394 e. The third-order valence-corrected chi connectivity index (χ3v) is 18.5. The van der Waals surface area contributed by atoms with Gasteiger partial charge in [-0.05, 0) is 57.8 Å². The summed E-state index contributed by atoms with van der Waals surface area (Å²) in [4.78, 5) is 13.4. The first-order valence-electron chi connectivity index (χ1n) is 38.0. The maximum atomic E-state index is 13.4. The van der Waals surface area contributed by atoms with E-state index in [9.17, 15) is 45.6 Å². The highest BCUT2D eigenvalue weighted by atomic mass is 16.7. The molecular formula is C77H141NO13. The van der Waals surface area contributed by atoms with Crippen molar-refractivity contribution in [2.75, 3.05) is 19.8 Å². The first-order valence-corrected chi connectivity index (χ1v) is 38.0. The van der Waals surface area contributed by atoms with E-state index in [2.05, 4.69) is 67.8 Å². The molecule has 532 valence electrons. The van der Waals surface area contributed by atoms with Gasteiger partial charge < -0.3 is 65.1 Å². The van der Waals surface area contributed by atoms with E-state index < -0.39 is 86.8 Å². The highest BCUT2D eigenvalue weighted by Crippen LogP contribution is 2.30. The van der Waals surface area contributed by atoms with Gasteiger partial charge in [-0.25, -0.2) is 0 Å². The van der Waals surface area contributed by atoms with Crippen LogP contribution in [-0.4, -0.2) is 140 Å². The van der Waals surface area contributed by atoms with Crippen molar-refractivity contribution in [1.29, 1.82) is 0 Å². The van der Waals surface area contributed by atoms with Crippen LogP contribution >= 0.6 is 0 Å². The van der Waals surface area contributed by atoms with Gasteiger partial charge in [0.25, 0.3) is 0 Å². The van der Waals surface area contributed by atoms with Crippen LogP contribution in [0.1, 0.15) is 328 Å². The monoisotopic (exact) mass is 1290 g/mol. The molecule has 2 saturated heterocycles. The number of hydrogen-bond donors (Lipinski definition) is 9. The number of ether oxygens (including phenoxy) is 4. The Labute approximate surface area is 556 Å². The Balaban J connectivity index is 1.64. The van der Waals surface area contributed by atoms with E-state index in [0.717, 1.165) is 64.2 Å². The summed E-state index contributed by atoms with van der Waals surface area (Å²) < 4.78 is 22.9. The lowest BCUT2D eigenvalue weighted by molar-refractivity contribution is -0.359. The number of amides is 1. The quantitative estimate of drug-likeness (QED) is 0.0204. The molecule has 0 bridgehead atoms. The number of allylic oxidation sites excluding steroid dienone is 9. The molecule has 0 aliphatic carbocycles. The van der Waals surface area contributed by atoms with E-state index >= 15 is 0 Å². The zero-order valence-corrected chi connectivity index (χ0v) is 58.1. The summed E-state index contributed by atoms with van der Waals surface area (Å²) in [5.74, 6) is -0.235. The van der Waals surface area contributed by atoms with Crippen molar-refractivity contribution in [3.63, 3.8) is 0 Å². The Morgan fingerprint density at radius 3 is 1.16 bits per heavy atom. The van der Waals surface area contributed by atoms with Crippen LogP contribution in [-0.2, 0) is 23.7 Å². The van der Waals surface area contributed by atoms with E-state index in [-0.39, 0.29) is 18.9 Å². The number of rotatable bonds is 63. The molecule has 2 heterocycles. The predicted molar refractivity (Wildman–Crippen MR) is 374 cm³/mol. The van der Waals surface area contributed by atoms with Crippen molar-refractivity contribution in [2.45, 2.75) is 402 Å². The number of unbranched alkanes of at least 4 members (excludes halogenated alkanes) is 42. The Morgan fingerprint density at radius 2 is 0.758 bits per heavy atom. The molecule has 0 radical (unpaired) electrons. The topological polar surface area (TPSA) is 228 Å². The van der Waals surface area contributed by atoms with Crippen LogP contribution in [0.15, 0.2) is 60.8 Å². The van der Waals surface area contributed by atoms with E-state index in [0.29, 0.717) is 6.42 Å². The number of carbonyl (C=O) groups is 1. The maximum absolute atomic E-state index is 13.4. The minimum Gasteiger partial charge on any atom is -0.394 e. The molecule has 0 aromatic rings. The maximum Gasteiger partial charge on any atom is 0.220 e. The molecule has 14 heteroatoms. The standard InChI is InChI=1S/C77H141NO13/c1-3-5-7-9-11-13-15-17-19-21-23-25-27-29-31-32-33-34-35-37-39-41-43-45-47-49-51-53-55-57-59-61-69(82)78-65(64-88-76-74(87)72(85)75(68(63-80)90-76)91-77-73(86)71(84)70(83)67(62-79)89-77)66(81)60-58-56-54-52-50-48-46-44-42-40-38-36-30-28-26-24-22-20-18-16-14-12-10-8-6-4-2/h5,7,11,13,17,19,23,25,58,60,65-68,70-77,79-81,83-87H,3-4,6,8-10,12,14-16,18,20-22,24,26-57,59,61-64H2,1-2H3,(H,78,82)/b7-5-,13-11-,19-17-,25-23-,60-58+. The lowest BCUT2D eigenvalue weighted by Gasteiger charge is -2.46. The van der Waals surface area contributed by atoms with E-state index in [1.54, 1.807) is 6.08 Å². The number of aliphatic hydroxyl groups excluding tert-OH is 8. The van der Waals surface area contributed by atoms with Gasteiger partial charge in [-0.2, -0.15) is 0 Å². The molecule has 0 spiro atoms. The Bertz CT molecular complexity index is 1760. The number of aliphatic hydroxyl groups is 8. The minimum absolute atomic E-state index is 0.235. The van der Waals surface area contributed by atoms with Gasteiger partial charge in [0.15, 0.2) is 12.6 Å². The van der Waals surface area contributed by atoms with Gasteiger partial charge in [-0.15, -0.1) is 0 Å². The lowest BCUT2D eigenvalue weighted by Crippen LogP contribution is -2.65. The summed E-state index contributed by atoms with van der Waals surface area (Å²) in [6.45, 7) is 2.74. The lowest BCUT2D eigenvalue weighted by atomic mass is 9.97. The molecule has 91 heavy (non-hydrogen) atoms. The highest BCUT2D eigenvalue weighted by molar-refractivity contribution is 5.76. The summed E-state index contributed by atoms with van der Waals surface area (Å²) in [6, 6.07) is -0.917. The number of carbonyl (C=O) groups excluding carboxylic acids is 1. The van der Waals surface area contributed by atoms with E-state index in [1.807, 2.05) is 6.08 Å². The second kappa shape index (κ2) is 61.3. The molecule has 12 atom stereocenters. The smallest absolute Gasteiger partial charge is 0.220 e. The fraction of sp³-hybridized carbons (Fsp3) is 0.857. The molecule has 12 unspecified atom stereocenters. The summed E-state index contributed by atoms with van der Waals surface area (Å²) in [5.41, 5.74) is 0. The van der Waals surface area contributed by atoms with Crippen molar-refractivity contribution in [1.82, 2.24) is 5.32 Å². The van der Waals surface area contributed by atoms with Gasteiger partial charge in [0, 0.05) is 6.42 Å². The average Bonchev–Trinajstić information content (AvgIpc) is 1.25. The van der Waals surface area contributed by atoms with Gasteiger partial charge in [-0.3, -0.25) is 4.79 Å². The highest BCUT2D eigenvalue weighted by Gasteiger charge is 2.51. The third-order valence-electron chi connectivity index (χ3n) is 18.5. The van der Waals surface area contributed by atoms with E-state index in [4.69, 9.17) is 18.9 Å². The van der Waals surface area contributed by atoms with Crippen LogP contribution in [0.3, 0.4) is 0 Å². The fourth-order valence-corrected chi connectivity index (χ4v) is 12.5. The van der Waals surface area contributed by atoms with Crippen LogP contribution in [0.2, 0.25) is 0 Å². The normalized spacial score (nSPS) is 23.1. The Hall–Kier alpha value is -2.31. The van der Waals surface area contributed by atoms with Crippen molar-refractivity contribution >= 4 is 5.91 Å². The van der Waals surface area contributed by atoms with Crippen molar-refractivity contribution in [3.05, 3.63) is 60.8 Å². The molecule has 1 amide bonds. The van der Waals surface area contributed by atoms with Crippen molar-refractivity contribution in [3.8, 4) is 0 Å². The summed E-state index contributed by atoms with van der Waals surface area (Å²) >= 11 is 0. The number of hydrogen-bond acceptors (Lipinski definition) is 13. The zero-order valence-electron chi connectivity index (χ0n) is 58.1. The van der Waals surface area contributed by atoms with Crippen LogP contribution in [0.25, 0.3) is 0 Å². The van der Waals surface area contributed by atoms with Gasteiger partial charge in [0.1, 0.15) is 48.8 Å². The first-order chi connectivity index (χ1) is 44.6. The molecule has 2 aliphatic heterocycles. The molecule has 2 fully saturated rings. The second-order valence-corrected chi connectivity index (χ2v) is 26.8. The number of nitrogens with one attached hydrogen (secondary N) is 1. The molecular weight excluding hydrogens is 1150 g/mol. The van der Waals surface area contributed by atoms with Crippen LogP contribution < -0.4 is 5.32 Å². The molecule has 14 nitrogen and oxygen atoms in total. The van der Waals surface area contributed by atoms with Gasteiger partial charge in [-0.1, -0.05) is 325 Å². The van der Waals surface area contributed by atoms with Crippen LogP contribution in [0.4, 0.5) is 0 Å². The molecule has 0 aromatic carbocycles. The second-order valence-electron chi connectivity index (χ2n) is 26.8. The minimum atomic E-state index is -1.79. The van der Waals surface area contributed by atoms with Crippen molar-refractivity contribution < 1.29 is 64.6 Å². The van der Waals surface area contributed by atoms with Gasteiger partial charge in [0.2, 0.25) is 5.91 Å². The Morgan fingerprint density at radius 1 is 0.407 bits per heavy atom. The average molecular weight is 1290 g/mol. The predicted octanol–water partition coefficient (Wildman–Crippen LogP) is 16.4. The molecule has 9 N–H and O–H groups in total. The third kappa shape index (κ3) is 44.9. The molecule has 0 aromatic heterocycles. The fourth-order valence-electron chi connectivity index (χ4n) is 12.5. The van der Waals surface area contributed by atoms with Crippen molar-refractivity contribution in [2.24, 2.45) is 0 Å². The molecule has 2 aliphatic rings. The van der Waals surface area contributed by atoms with Crippen LogP contribution in [0, 0.1) is 0 Å². The Kier molecular flexibility index (Phi) is 57.1. The molecule has 2 rings (SSSR count). The van der Waals surface area contributed by atoms with E-state index in [1.165, 1.54) is 238 Å². The summed E-state index contributed by atoms with van der Waals surface area (Å²) in [5, 5.41) is 87.6. The first kappa shape index (κ1) is 84.8. The van der Waals surface area contributed by atoms with Gasteiger partial charge >= 0.3 is 0 Å². The van der Waals surface area contributed by atoms with Crippen LogP contribution in [0.5, 0.6) is 0 Å². The SMILES string of the molecule is CC/C=C\C/C=C\C/C=C\C/C=C\CCCCCCCCCCCCCCCCCCCCC(=O)NC(COC1OC(CO)C(OC2OC(CO)C(O)C(O)C2O)C(O)C1O)C(O)/C=C/CCCCCCCCCCCCCCCCCCCCCCCCCC. The molecule has 0 saturated carbocycles. The summed E-state index contributed by atoms with van der Waals surface area (Å²) in [7, 11) is 0. The van der Waals surface area contributed by atoms with Gasteiger partial charge in [0.05, 0.1) is 32.0 Å².